The lowest BCUT2D eigenvalue weighted by Gasteiger charge is -2.13. The van der Waals surface area contributed by atoms with E-state index in [0.29, 0.717) is 11.1 Å². The Hall–Kier alpha value is -2.34. The molecule has 0 aliphatic rings. The van der Waals surface area contributed by atoms with E-state index in [0.717, 1.165) is 5.39 Å². The van der Waals surface area contributed by atoms with Gasteiger partial charge in [0.15, 0.2) is 0 Å². The number of hydrogen-bond donors (Lipinski definition) is 4. The number of aromatic nitrogens is 1. The van der Waals surface area contributed by atoms with E-state index in [-0.39, 0.29) is 13.0 Å². The van der Waals surface area contributed by atoms with Gasteiger partial charge in [-0.15, -0.1) is 0 Å². The standard InChI is InChI=1S/C13H14N2O4/c16-7-5-10(13(18)19)15-12(17)9-3-1-2-8-4-6-14-11(8)9/h1-4,6,10,14,16H,5,7H2,(H,15,17)(H,18,19)/t10-/m0/s1. The third-order valence-electron chi connectivity index (χ3n) is 2.85. The van der Waals surface area contributed by atoms with E-state index in [4.69, 9.17) is 10.2 Å². The molecule has 1 atom stereocenters. The molecule has 0 bridgehead atoms. The van der Waals surface area contributed by atoms with Crippen molar-refractivity contribution < 1.29 is 19.8 Å². The summed E-state index contributed by atoms with van der Waals surface area (Å²) in [5.74, 6) is -1.64. The van der Waals surface area contributed by atoms with Crippen molar-refractivity contribution in [2.75, 3.05) is 6.61 Å². The van der Waals surface area contributed by atoms with Gasteiger partial charge in [0.25, 0.3) is 5.91 Å². The number of aliphatic carboxylic acids is 1. The summed E-state index contributed by atoms with van der Waals surface area (Å²) in [4.78, 5) is 26.0. The largest absolute Gasteiger partial charge is 0.480 e. The van der Waals surface area contributed by atoms with Gasteiger partial charge in [0.05, 0.1) is 11.1 Å². The number of para-hydroxylation sites is 1. The molecule has 0 saturated heterocycles. The summed E-state index contributed by atoms with van der Waals surface area (Å²) < 4.78 is 0. The highest BCUT2D eigenvalue weighted by Crippen LogP contribution is 2.16. The average molecular weight is 262 g/mol. The molecule has 0 radical (unpaired) electrons. The fourth-order valence-electron chi connectivity index (χ4n) is 1.90. The molecule has 2 aromatic rings. The second-order valence-electron chi connectivity index (χ2n) is 4.12. The number of nitrogens with one attached hydrogen (secondary N) is 2. The van der Waals surface area contributed by atoms with E-state index in [2.05, 4.69) is 10.3 Å². The topological polar surface area (TPSA) is 102 Å². The van der Waals surface area contributed by atoms with Gasteiger partial charge in [-0.2, -0.15) is 0 Å². The Kier molecular flexibility index (Phi) is 3.82. The molecular formula is C13H14N2O4. The highest BCUT2D eigenvalue weighted by molar-refractivity contribution is 6.06. The van der Waals surface area contributed by atoms with Crippen molar-refractivity contribution in [2.45, 2.75) is 12.5 Å². The molecular weight excluding hydrogens is 248 g/mol. The normalized spacial score (nSPS) is 12.3. The number of benzene rings is 1. The van der Waals surface area contributed by atoms with Gasteiger partial charge in [-0.25, -0.2) is 4.79 Å². The van der Waals surface area contributed by atoms with E-state index in [1.807, 2.05) is 12.1 Å². The van der Waals surface area contributed by atoms with Crippen LogP contribution in [-0.2, 0) is 4.79 Å². The summed E-state index contributed by atoms with van der Waals surface area (Å²) in [6.07, 6.45) is 1.69. The van der Waals surface area contributed by atoms with E-state index in [9.17, 15) is 9.59 Å². The second-order valence-corrected chi connectivity index (χ2v) is 4.12. The Bertz CT molecular complexity index is 605. The van der Waals surface area contributed by atoms with Crippen LogP contribution in [0.4, 0.5) is 0 Å². The van der Waals surface area contributed by atoms with Crippen molar-refractivity contribution >= 4 is 22.8 Å². The fraction of sp³-hybridized carbons (Fsp3) is 0.231. The van der Waals surface area contributed by atoms with Gasteiger partial charge in [0, 0.05) is 24.6 Å². The highest BCUT2D eigenvalue weighted by atomic mass is 16.4. The van der Waals surface area contributed by atoms with Crippen molar-refractivity contribution in [1.29, 1.82) is 0 Å². The molecule has 0 aliphatic carbocycles. The SMILES string of the molecule is O=C(N[C@@H](CCO)C(=O)O)c1cccc2cc[nH]c12. The van der Waals surface area contributed by atoms with Crippen LogP contribution < -0.4 is 5.32 Å². The molecule has 1 heterocycles. The number of carboxylic acid groups (broad SMARTS) is 1. The van der Waals surface area contributed by atoms with Crippen LogP contribution in [0, 0.1) is 0 Å². The van der Waals surface area contributed by atoms with Crippen LogP contribution >= 0.6 is 0 Å². The third-order valence-corrected chi connectivity index (χ3v) is 2.85. The number of carboxylic acids is 1. The van der Waals surface area contributed by atoms with Crippen molar-refractivity contribution in [3.05, 3.63) is 36.0 Å². The molecule has 0 aliphatic heterocycles. The molecule has 6 nitrogen and oxygen atoms in total. The maximum absolute atomic E-state index is 12.1. The summed E-state index contributed by atoms with van der Waals surface area (Å²) in [6, 6.07) is 5.93. The summed E-state index contributed by atoms with van der Waals surface area (Å²) in [5, 5.41) is 21.0. The number of hydrogen-bond acceptors (Lipinski definition) is 3. The minimum absolute atomic E-state index is 0.0260. The number of H-pyrrole nitrogens is 1. The predicted molar refractivity (Wildman–Crippen MR) is 68.9 cm³/mol. The minimum Gasteiger partial charge on any atom is -0.480 e. The number of aromatic amines is 1. The van der Waals surface area contributed by atoms with Crippen molar-refractivity contribution in [3.63, 3.8) is 0 Å². The quantitative estimate of drug-likeness (QED) is 0.638. The van der Waals surface area contributed by atoms with Gasteiger partial charge in [0.2, 0.25) is 0 Å². The Labute approximate surface area is 109 Å². The van der Waals surface area contributed by atoms with Crippen LogP contribution in [0.2, 0.25) is 0 Å². The molecule has 6 heteroatoms. The smallest absolute Gasteiger partial charge is 0.326 e. The summed E-state index contributed by atoms with van der Waals surface area (Å²) in [7, 11) is 0. The molecule has 1 aromatic heterocycles. The summed E-state index contributed by atoms with van der Waals surface area (Å²) in [5.41, 5.74) is 1.04. The van der Waals surface area contributed by atoms with E-state index in [1.165, 1.54) is 0 Å². The number of aliphatic hydroxyl groups is 1. The van der Waals surface area contributed by atoms with Gasteiger partial charge in [-0.05, 0) is 12.1 Å². The second kappa shape index (κ2) is 5.53. The lowest BCUT2D eigenvalue weighted by molar-refractivity contribution is -0.139. The minimum atomic E-state index is -1.17. The molecule has 4 N–H and O–H groups in total. The average Bonchev–Trinajstić information content (AvgIpc) is 2.85. The first-order chi connectivity index (χ1) is 9.13. The number of aliphatic hydroxyl groups excluding tert-OH is 1. The predicted octanol–water partition coefficient (Wildman–Crippen LogP) is 0.733. The molecule has 0 saturated carbocycles. The first-order valence-electron chi connectivity index (χ1n) is 5.84. The zero-order valence-electron chi connectivity index (χ0n) is 10.1. The first kappa shape index (κ1) is 13.1. The Morgan fingerprint density at radius 3 is 2.79 bits per heavy atom. The van der Waals surface area contributed by atoms with Crippen LogP contribution in [-0.4, -0.2) is 39.7 Å². The van der Waals surface area contributed by atoms with Crippen LogP contribution in [0.3, 0.4) is 0 Å². The van der Waals surface area contributed by atoms with Crippen molar-refractivity contribution in [3.8, 4) is 0 Å². The van der Waals surface area contributed by atoms with E-state index in [1.54, 1.807) is 18.3 Å². The lowest BCUT2D eigenvalue weighted by atomic mass is 10.1. The molecule has 0 fully saturated rings. The summed E-state index contributed by atoms with van der Waals surface area (Å²) >= 11 is 0. The Morgan fingerprint density at radius 1 is 1.32 bits per heavy atom. The molecule has 19 heavy (non-hydrogen) atoms. The van der Waals surface area contributed by atoms with Gasteiger partial charge >= 0.3 is 5.97 Å². The number of amides is 1. The maximum Gasteiger partial charge on any atom is 0.326 e. The molecule has 2 rings (SSSR count). The Balaban J connectivity index is 2.24. The zero-order valence-corrected chi connectivity index (χ0v) is 10.1. The number of fused-ring (bicyclic) bond motifs is 1. The van der Waals surface area contributed by atoms with Gasteiger partial charge in [-0.1, -0.05) is 12.1 Å². The number of rotatable bonds is 5. The third kappa shape index (κ3) is 2.74. The van der Waals surface area contributed by atoms with Crippen molar-refractivity contribution in [2.24, 2.45) is 0 Å². The lowest BCUT2D eigenvalue weighted by Crippen LogP contribution is -2.41. The van der Waals surface area contributed by atoms with Gasteiger partial charge in [0.1, 0.15) is 6.04 Å². The van der Waals surface area contributed by atoms with Crippen LogP contribution in [0.15, 0.2) is 30.5 Å². The number of carbonyl (C=O) groups excluding carboxylic acids is 1. The molecule has 1 aromatic carbocycles. The van der Waals surface area contributed by atoms with Gasteiger partial charge < -0.3 is 20.5 Å². The molecule has 1 amide bonds. The number of carbonyl (C=O) groups is 2. The molecule has 0 spiro atoms. The van der Waals surface area contributed by atoms with E-state index >= 15 is 0 Å². The molecule has 100 valence electrons. The first-order valence-corrected chi connectivity index (χ1v) is 5.84. The van der Waals surface area contributed by atoms with Gasteiger partial charge in [-0.3, -0.25) is 4.79 Å². The summed E-state index contributed by atoms with van der Waals surface area (Å²) in [6.45, 7) is -0.302. The van der Waals surface area contributed by atoms with Crippen LogP contribution in [0.25, 0.3) is 10.9 Å². The van der Waals surface area contributed by atoms with Crippen LogP contribution in [0.5, 0.6) is 0 Å². The fourth-order valence-corrected chi connectivity index (χ4v) is 1.90. The monoisotopic (exact) mass is 262 g/mol. The van der Waals surface area contributed by atoms with E-state index < -0.39 is 17.9 Å². The molecule has 0 unspecified atom stereocenters. The van der Waals surface area contributed by atoms with Crippen LogP contribution in [0.1, 0.15) is 16.8 Å². The Morgan fingerprint density at radius 2 is 2.11 bits per heavy atom. The maximum atomic E-state index is 12.1. The van der Waals surface area contributed by atoms with Crippen molar-refractivity contribution in [1.82, 2.24) is 10.3 Å². The zero-order chi connectivity index (χ0) is 13.8. The highest BCUT2D eigenvalue weighted by Gasteiger charge is 2.21.